The number of carbonyl (C=O) groups is 2. The molecule has 3 N–H and O–H groups in total. The van der Waals surface area contributed by atoms with Gasteiger partial charge in [-0.25, -0.2) is 4.79 Å². The summed E-state index contributed by atoms with van der Waals surface area (Å²) in [5.74, 6) is 0.149. The number of hydrogen-bond acceptors (Lipinski definition) is 3. The molecule has 2 saturated heterocycles. The molecule has 2 heterocycles. The van der Waals surface area contributed by atoms with Crippen molar-refractivity contribution in [3.05, 3.63) is 30.3 Å². The Morgan fingerprint density at radius 1 is 1.14 bits per heavy atom. The van der Waals surface area contributed by atoms with Crippen LogP contribution < -0.4 is 15.5 Å². The molecular weight excluding hydrogens is 356 g/mol. The van der Waals surface area contributed by atoms with Crippen molar-refractivity contribution in [2.75, 3.05) is 13.1 Å². The molecule has 0 radical (unpaired) electrons. The molecule has 2 aliphatic heterocycles. The average Bonchev–Trinajstić information content (AvgIpc) is 2.63. The van der Waals surface area contributed by atoms with Crippen molar-refractivity contribution in [2.45, 2.75) is 64.2 Å². The van der Waals surface area contributed by atoms with E-state index in [1.165, 1.54) is 6.42 Å². The average molecular weight is 388 g/mol. The van der Waals surface area contributed by atoms with Crippen molar-refractivity contribution in [3.63, 3.8) is 0 Å². The number of nitrogens with two attached hydrogens (primary N) is 1. The minimum atomic E-state index is -0.830. The van der Waals surface area contributed by atoms with E-state index < -0.39 is 18.1 Å². The molecule has 0 aromatic heterocycles. The number of quaternary nitrogens is 1. The molecule has 7 nitrogen and oxygen atoms in total. The van der Waals surface area contributed by atoms with Crippen molar-refractivity contribution in [3.8, 4) is 0 Å². The number of amidine groups is 1. The van der Waals surface area contributed by atoms with Crippen LogP contribution in [0, 0.1) is 0 Å². The molecule has 28 heavy (non-hydrogen) atoms. The number of ether oxygens (including phenoxy) is 1. The number of primary amides is 1. The van der Waals surface area contributed by atoms with Crippen molar-refractivity contribution in [2.24, 2.45) is 10.7 Å². The van der Waals surface area contributed by atoms with Gasteiger partial charge in [0.15, 0.2) is 0 Å². The predicted octanol–water partition coefficient (Wildman–Crippen LogP) is 2.73. The number of hydrogen-bond donors (Lipinski definition) is 2. The Kier molecular flexibility index (Phi) is 6.46. The van der Waals surface area contributed by atoms with E-state index in [-0.39, 0.29) is 16.6 Å². The second-order valence-corrected chi connectivity index (χ2v) is 7.82. The molecule has 4 unspecified atom stereocenters. The third-order valence-corrected chi connectivity index (χ3v) is 5.66. The first-order valence-electron chi connectivity index (χ1n) is 10.2. The molecular formula is C21H31N4O3+. The largest absolute Gasteiger partial charge is 0.450 e. The highest BCUT2D eigenvalue weighted by molar-refractivity contribution is 6.02. The Bertz CT molecular complexity index is 726. The van der Waals surface area contributed by atoms with E-state index in [2.05, 4.69) is 10.3 Å². The minimum absolute atomic E-state index is 0.208. The van der Waals surface area contributed by atoms with Crippen molar-refractivity contribution in [1.82, 2.24) is 9.80 Å². The third-order valence-electron chi connectivity index (χ3n) is 5.66. The maximum Gasteiger partial charge on any atom is 0.450 e. The lowest BCUT2D eigenvalue weighted by Crippen LogP contribution is -2.73. The number of urea groups is 1. The minimum Gasteiger partial charge on any atom is -0.373 e. The Labute approximate surface area is 166 Å². The van der Waals surface area contributed by atoms with E-state index in [9.17, 15) is 9.59 Å². The van der Waals surface area contributed by atoms with E-state index in [1.54, 1.807) is 6.92 Å². The third kappa shape index (κ3) is 4.10. The molecule has 1 aromatic carbocycles. The number of morpholine rings is 1. The number of carbonyl (C=O) groups excluding carboxylic acids is 2. The topological polar surface area (TPSA) is 93.8 Å². The maximum atomic E-state index is 13.7. The monoisotopic (exact) mass is 387 g/mol. The van der Waals surface area contributed by atoms with Gasteiger partial charge in [-0.05, 0) is 38.8 Å². The number of amides is 3. The fourth-order valence-corrected chi connectivity index (χ4v) is 4.47. The lowest BCUT2D eigenvalue weighted by atomic mass is 10.00. The van der Waals surface area contributed by atoms with Gasteiger partial charge in [0.2, 0.25) is 6.04 Å². The van der Waals surface area contributed by atoms with Gasteiger partial charge in [0.05, 0.1) is 0 Å². The van der Waals surface area contributed by atoms with Crippen LogP contribution in [0.3, 0.4) is 0 Å². The Hall–Kier alpha value is -2.25. The Balaban J connectivity index is 2.08. The molecule has 0 saturated carbocycles. The zero-order chi connectivity index (χ0) is 20.1. The molecule has 0 bridgehead atoms. The number of aliphatic imine (C=N–C) groups is 1. The number of para-hydroxylation sites is 1. The van der Waals surface area contributed by atoms with Crippen LogP contribution in [0.25, 0.3) is 0 Å². The van der Waals surface area contributed by atoms with Gasteiger partial charge in [0.25, 0.3) is 5.91 Å². The van der Waals surface area contributed by atoms with Crippen molar-refractivity contribution < 1.29 is 14.3 Å². The number of nitrogens with one attached hydrogen (secondary N) is 1. The fourth-order valence-electron chi connectivity index (χ4n) is 4.47. The first-order chi connectivity index (χ1) is 13.4. The molecule has 152 valence electrons. The van der Waals surface area contributed by atoms with Crippen LogP contribution in [0.15, 0.2) is 35.3 Å². The maximum absolute atomic E-state index is 13.7. The molecule has 4 atom stereocenters. The number of nitrogens with zero attached hydrogens (tertiary/aromatic N) is 2. The quantitative estimate of drug-likeness (QED) is 0.763. The van der Waals surface area contributed by atoms with Gasteiger partial charge < -0.3 is 15.8 Å². The lowest BCUT2D eigenvalue weighted by Gasteiger charge is -2.46. The second kappa shape index (κ2) is 8.84. The smallest absolute Gasteiger partial charge is 0.373 e. The number of rotatable bonds is 2. The van der Waals surface area contributed by atoms with Crippen LogP contribution >= 0.6 is 0 Å². The first-order valence-corrected chi connectivity index (χ1v) is 10.2. The zero-order valence-corrected chi connectivity index (χ0v) is 16.8. The van der Waals surface area contributed by atoms with E-state index in [0.717, 1.165) is 32.2 Å². The lowest BCUT2D eigenvalue weighted by molar-refractivity contribution is -0.137. The van der Waals surface area contributed by atoms with Crippen LogP contribution in [-0.2, 0) is 9.53 Å². The van der Waals surface area contributed by atoms with Crippen LogP contribution in [0.4, 0.5) is 10.5 Å². The number of benzene rings is 1. The van der Waals surface area contributed by atoms with Crippen LogP contribution in [0.2, 0.25) is 0 Å². The molecule has 3 rings (SSSR count). The van der Waals surface area contributed by atoms with Gasteiger partial charge in [0, 0.05) is 13.0 Å². The molecule has 7 heteroatoms. The van der Waals surface area contributed by atoms with Gasteiger partial charge in [-0.1, -0.05) is 31.0 Å². The summed E-state index contributed by atoms with van der Waals surface area (Å²) in [7, 11) is 0. The summed E-state index contributed by atoms with van der Waals surface area (Å²) in [6.07, 6.45) is 4.44. The van der Waals surface area contributed by atoms with Gasteiger partial charge >= 0.3 is 6.03 Å². The Morgan fingerprint density at radius 3 is 2.57 bits per heavy atom. The SMILES string of the molecule is CC1C[N+](C(=O)N=C2CCCCCCN2)(c2ccccc2)C(C(N)=O)C(C)O1. The summed E-state index contributed by atoms with van der Waals surface area (Å²) in [5, 5.41) is 3.30. The molecule has 0 aliphatic carbocycles. The highest BCUT2D eigenvalue weighted by Crippen LogP contribution is 2.35. The van der Waals surface area contributed by atoms with Crippen LogP contribution in [0.5, 0.6) is 0 Å². The van der Waals surface area contributed by atoms with Crippen LogP contribution in [0.1, 0.15) is 46.0 Å². The van der Waals surface area contributed by atoms with Gasteiger partial charge in [-0.2, -0.15) is 4.48 Å². The normalized spacial score (nSPS) is 32.8. The summed E-state index contributed by atoms with van der Waals surface area (Å²) in [4.78, 5) is 30.6. The highest BCUT2D eigenvalue weighted by Gasteiger charge is 2.56. The molecule has 3 amide bonds. The molecule has 0 spiro atoms. The van der Waals surface area contributed by atoms with Gasteiger partial charge in [0.1, 0.15) is 30.3 Å². The fraction of sp³-hybridized carbons (Fsp3) is 0.571. The first kappa shape index (κ1) is 20.5. The van der Waals surface area contributed by atoms with Crippen molar-refractivity contribution >= 4 is 23.5 Å². The molecule has 2 fully saturated rings. The van der Waals surface area contributed by atoms with E-state index in [1.807, 2.05) is 37.3 Å². The standard InChI is InChI=1S/C21H30N4O3/c1-15-14-25(17-10-6-5-7-11-17,19(20(22)26)16(2)28-15)21(27)24-18-12-8-3-4-9-13-23-18/h5-7,10-11,15-16,19H,3-4,8-9,12-14H2,1-2H3,(H2-,22,23,24,26,27)/p+1. The second-order valence-electron chi connectivity index (χ2n) is 7.82. The summed E-state index contributed by atoms with van der Waals surface area (Å²) >= 11 is 0. The van der Waals surface area contributed by atoms with Gasteiger partial charge in [-0.3, -0.25) is 4.79 Å². The van der Waals surface area contributed by atoms with E-state index >= 15 is 0 Å². The van der Waals surface area contributed by atoms with Crippen LogP contribution in [-0.4, -0.2) is 49.1 Å². The van der Waals surface area contributed by atoms with Gasteiger partial charge in [-0.15, -0.1) is 4.99 Å². The predicted molar refractivity (Wildman–Crippen MR) is 110 cm³/mol. The van der Waals surface area contributed by atoms with Crippen molar-refractivity contribution in [1.29, 1.82) is 0 Å². The van der Waals surface area contributed by atoms with E-state index in [4.69, 9.17) is 10.5 Å². The summed E-state index contributed by atoms with van der Waals surface area (Å²) < 4.78 is 5.65. The molecule has 1 aromatic rings. The molecule has 2 aliphatic rings. The summed E-state index contributed by atoms with van der Waals surface area (Å²) in [6.45, 7) is 4.85. The summed E-state index contributed by atoms with van der Waals surface area (Å²) in [6, 6.07) is 8.16. The van der Waals surface area contributed by atoms with E-state index in [0.29, 0.717) is 18.1 Å². The Morgan fingerprint density at radius 2 is 1.86 bits per heavy atom. The zero-order valence-electron chi connectivity index (χ0n) is 16.8. The summed E-state index contributed by atoms with van der Waals surface area (Å²) in [5.41, 5.74) is 6.50. The highest BCUT2D eigenvalue weighted by atomic mass is 16.5.